The molecule has 2 aliphatic heterocycles. The van der Waals surface area contributed by atoms with Gasteiger partial charge in [-0.25, -0.2) is 0 Å². The molecule has 22 heavy (non-hydrogen) atoms. The highest BCUT2D eigenvalue weighted by atomic mass is 35.5. The van der Waals surface area contributed by atoms with Crippen molar-refractivity contribution in [1.29, 1.82) is 0 Å². The van der Waals surface area contributed by atoms with Crippen LogP contribution in [-0.4, -0.2) is 54.6 Å². The van der Waals surface area contributed by atoms with Crippen LogP contribution >= 0.6 is 23.2 Å². The molecular formula is C16H20Cl2N2O2. The second-order valence-corrected chi connectivity index (χ2v) is 6.68. The standard InChI is InChI=1S/C16H20Cl2N2O2/c17-13-4-3-12(14(18)10-13)11-19-5-7-20(8-6-19)16(21)15-2-1-9-22-15/h3-4,10,15H,1-2,5-9,11H2. The molecule has 4 nitrogen and oxygen atoms in total. The lowest BCUT2D eigenvalue weighted by Gasteiger charge is -2.35. The van der Waals surface area contributed by atoms with Gasteiger partial charge in [0.2, 0.25) is 0 Å². The van der Waals surface area contributed by atoms with Crippen molar-refractivity contribution in [3.05, 3.63) is 33.8 Å². The quantitative estimate of drug-likeness (QED) is 0.846. The number of nitrogens with zero attached hydrogens (tertiary/aromatic N) is 2. The van der Waals surface area contributed by atoms with Crippen LogP contribution in [0.5, 0.6) is 0 Å². The van der Waals surface area contributed by atoms with Crippen molar-refractivity contribution in [3.63, 3.8) is 0 Å². The minimum absolute atomic E-state index is 0.154. The smallest absolute Gasteiger partial charge is 0.251 e. The van der Waals surface area contributed by atoms with Crippen LogP contribution in [0.1, 0.15) is 18.4 Å². The van der Waals surface area contributed by atoms with Crippen LogP contribution in [0, 0.1) is 0 Å². The first-order valence-corrected chi connectivity index (χ1v) is 8.46. The summed E-state index contributed by atoms with van der Waals surface area (Å²) in [5, 5.41) is 1.35. The molecule has 2 saturated heterocycles. The highest BCUT2D eigenvalue weighted by Crippen LogP contribution is 2.23. The molecule has 0 aliphatic carbocycles. The Morgan fingerprint density at radius 1 is 1.23 bits per heavy atom. The summed E-state index contributed by atoms with van der Waals surface area (Å²) in [5.41, 5.74) is 1.07. The highest BCUT2D eigenvalue weighted by Gasteiger charge is 2.30. The Labute approximate surface area is 140 Å². The van der Waals surface area contributed by atoms with E-state index in [4.69, 9.17) is 27.9 Å². The van der Waals surface area contributed by atoms with E-state index >= 15 is 0 Å². The molecule has 1 amide bonds. The fourth-order valence-electron chi connectivity index (χ4n) is 2.99. The zero-order chi connectivity index (χ0) is 15.5. The number of benzene rings is 1. The average molecular weight is 343 g/mol. The summed E-state index contributed by atoms with van der Waals surface area (Å²) in [6, 6.07) is 5.60. The highest BCUT2D eigenvalue weighted by molar-refractivity contribution is 6.35. The van der Waals surface area contributed by atoms with Gasteiger partial charge in [0.25, 0.3) is 5.91 Å². The van der Waals surface area contributed by atoms with Crippen LogP contribution in [0.2, 0.25) is 10.0 Å². The zero-order valence-electron chi connectivity index (χ0n) is 12.4. The van der Waals surface area contributed by atoms with Crippen LogP contribution in [-0.2, 0) is 16.1 Å². The van der Waals surface area contributed by atoms with Crippen LogP contribution in [0.15, 0.2) is 18.2 Å². The number of halogens is 2. The van der Waals surface area contributed by atoms with E-state index in [1.54, 1.807) is 6.07 Å². The van der Waals surface area contributed by atoms with Crippen molar-refractivity contribution in [3.8, 4) is 0 Å². The normalized spacial score (nSPS) is 23.0. The van der Waals surface area contributed by atoms with Gasteiger partial charge in [0.15, 0.2) is 0 Å². The summed E-state index contributed by atoms with van der Waals surface area (Å²) in [6.07, 6.45) is 1.64. The summed E-state index contributed by atoms with van der Waals surface area (Å²) < 4.78 is 5.48. The molecule has 3 rings (SSSR count). The molecule has 0 saturated carbocycles. The molecule has 0 bridgehead atoms. The lowest BCUT2D eigenvalue weighted by atomic mass is 10.1. The van der Waals surface area contributed by atoms with Crippen LogP contribution < -0.4 is 0 Å². The van der Waals surface area contributed by atoms with E-state index in [-0.39, 0.29) is 12.0 Å². The minimum Gasteiger partial charge on any atom is -0.368 e. The molecular weight excluding hydrogens is 323 g/mol. The van der Waals surface area contributed by atoms with Crippen molar-refractivity contribution in [2.75, 3.05) is 32.8 Å². The SMILES string of the molecule is O=C(C1CCCO1)N1CCN(Cc2ccc(Cl)cc2Cl)CC1. The number of hydrogen-bond acceptors (Lipinski definition) is 3. The topological polar surface area (TPSA) is 32.8 Å². The molecule has 2 heterocycles. The molecule has 6 heteroatoms. The number of amides is 1. The van der Waals surface area contributed by atoms with Gasteiger partial charge in [-0.3, -0.25) is 9.69 Å². The average Bonchev–Trinajstić information content (AvgIpc) is 3.04. The number of hydrogen-bond donors (Lipinski definition) is 0. The molecule has 120 valence electrons. The maximum absolute atomic E-state index is 12.3. The van der Waals surface area contributed by atoms with Gasteiger partial charge in [0.05, 0.1) is 0 Å². The number of carbonyl (C=O) groups excluding carboxylic acids is 1. The third-order valence-corrected chi connectivity index (χ3v) is 4.89. The van der Waals surface area contributed by atoms with Crippen molar-refractivity contribution >= 4 is 29.1 Å². The molecule has 1 aromatic rings. The van der Waals surface area contributed by atoms with Gasteiger partial charge < -0.3 is 9.64 Å². The van der Waals surface area contributed by atoms with E-state index in [0.29, 0.717) is 16.7 Å². The Kier molecular flexibility index (Phi) is 5.24. The summed E-state index contributed by atoms with van der Waals surface area (Å²) in [6.45, 7) is 4.73. The lowest BCUT2D eigenvalue weighted by Crippen LogP contribution is -2.51. The molecule has 0 aromatic heterocycles. The van der Waals surface area contributed by atoms with Crippen molar-refractivity contribution in [2.24, 2.45) is 0 Å². The molecule has 2 aliphatic rings. The minimum atomic E-state index is -0.211. The van der Waals surface area contributed by atoms with E-state index in [2.05, 4.69) is 4.90 Å². The van der Waals surface area contributed by atoms with Crippen LogP contribution in [0.3, 0.4) is 0 Å². The van der Waals surface area contributed by atoms with Crippen molar-refractivity contribution in [1.82, 2.24) is 9.80 Å². The summed E-state index contributed by atoms with van der Waals surface area (Å²) >= 11 is 12.1. The van der Waals surface area contributed by atoms with Gasteiger partial charge in [0.1, 0.15) is 6.10 Å². The maximum Gasteiger partial charge on any atom is 0.251 e. The second kappa shape index (κ2) is 7.18. The molecule has 1 atom stereocenters. The zero-order valence-corrected chi connectivity index (χ0v) is 13.9. The molecule has 0 N–H and O–H groups in total. The van der Waals surface area contributed by atoms with Crippen molar-refractivity contribution in [2.45, 2.75) is 25.5 Å². The van der Waals surface area contributed by atoms with Gasteiger partial charge >= 0.3 is 0 Å². The number of ether oxygens (including phenoxy) is 1. The first-order valence-electron chi connectivity index (χ1n) is 7.70. The van der Waals surface area contributed by atoms with Gasteiger partial charge in [-0.15, -0.1) is 0 Å². The summed E-state index contributed by atoms with van der Waals surface area (Å²) in [7, 11) is 0. The number of piperazine rings is 1. The first-order chi connectivity index (χ1) is 10.6. The van der Waals surface area contributed by atoms with E-state index in [0.717, 1.165) is 51.1 Å². The van der Waals surface area contributed by atoms with Crippen molar-refractivity contribution < 1.29 is 9.53 Å². The molecule has 0 radical (unpaired) electrons. The first kappa shape index (κ1) is 16.1. The number of carbonyl (C=O) groups is 1. The van der Waals surface area contributed by atoms with Crippen LogP contribution in [0.25, 0.3) is 0 Å². The number of rotatable bonds is 3. The van der Waals surface area contributed by atoms with E-state index in [9.17, 15) is 4.79 Å². The van der Waals surface area contributed by atoms with Gasteiger partial charge in [-0.1, -0.05) is 29.3 Å². The fraction of sp³-hybridized carbons (Fsp3) is 0.562. The second-order valence-electron chi connectivity index (χ2n) is 5.84. The van der Waals surface area contributed by atoms with E-state index < -0.39 is 0 Å². The summed E-state index contributed by atoms with van der Waals surface area (Å²) in [4.78, 5) is 16.5. The lowest BCUT2D eigenvalue weighted by molar-refractivity contribution is -0.142. The predicted octanol–water partition coefficient (Wildman–Crippen LogP) is 2.82. The monoisotopic (exact) mass is 342 g/mol. The summed E-state index contributed by atoms with van der Waals surface area (Å²) in [5.74, 6) is 0.154. The predicted molar refractivity (Wildman–Crippen MR) is 87.3 cm³/mol. The largest absolute Gasteiger partial charge is 0.368 e. The van der Waals surface area contributed by atoms with Crippen LogP contribution in [0.4, 0.5) is 0 Å². The Morgan fingerprint density at radius 2 is 2.00 bits per heavy atom. The van der Waals surface area contributed by atoms with Gasteiger partial charge in [-0.2, -0.15) is 0 Å². The van der Waals surface area contributed by atoms with E-state index in [1.165, 1.54) is 0 Å². The maximum atomic E-state index is 12.3. The molecule has 2 fully saturated rings. The molecule has 1 aromatic carbocycles. The Hall–Kier alpha value is -0.810. The van der Waals surface area contributed by atoms with Gasteiger partial charge in [-0.05, 0) is 30.5 Å². The third kappa shape index (κ3) is 3.74. The molecule has 1 unspecified atom stereocenters. The Balaban J connectivity index is 1.52. The van der Waals surface area contributed by atoms with E-state index in [1.807, 2.05) is 17.0 Å². The Bertz CT molecular complexity index is 539. The van der Waals surface area contributed by atoms with Gasteiger partial charge in [0, 0.05) is 49.4 Å². The molecule has 0 spiro atoms. The third-order valence-electron chi connectivity index (χ3n) is 4.30. The Morgan fingerprint density at radius 3 is 2.64 bits per heavy atom. The fourth-order valence-corrected chi connectivity index (χ4v) is 3.46.